The van der Waals surface area contributed by atoms with Crippen LogP contribution in [0.2, 0.25) is 0 Å². The standard InChI is InChI=1S/C25H36N2O5/c1-6-11-23(4,5)22(29)32-19-9-8-17(7-2)20(21(19)27-31)24-13-14-26-16(3)25(24,30)12-10-18(28)15-24/h8-9,16,26,30H,6-7,10-15H2,1-5H3. The second-order valence-corrected chi connectivity index (χ2v) is 10.1. The highest BCUT2D eigenvalue weighted by Crippen LogP contribution is 2.56. The molecular weight excluding hydrogens is 408 g/mol. The van der Waals surface area contributed by atoms with E-state index in [1.807, 2.05) is 40.7 Å². The lowest BCUT2D eigenvalue weighted by Gasteiger charge is -2.57. The minimum Gasteiger partial charge on any atom is -0.424 e. The van der Waals surface area contributed by atoms with E-state index in [2.05, 4.69) is 10.5 Å². The van der Waals surface area contributed by atoms with Gasteiger partial charge in [-0.1, -0.05) is 26.3 Å². The van der Waals surface area contributed by atoms with Gasteiger partial charge in [0.2, 0.25) is 0 Å². The molecule has 1 aromatic rings. The summed E-state index contributed by atoms with van der Waals surface area (Å²) in [5, 5.41) is 18.6. The molecule has 176 valence electrons. The molecule has 7 heteroatoms. The van der Waals surface area contributed by atoms with Gasteiger partial charge in [0.05, 0.1) is 11.0 Å². The quantitative estimate of drug-likeness (QED) is 0.365. The van der Waals surface area contributed by atoms with E-state index >= 15 is 0 Å². The predicted octanol–water partition coefficient (Wildman–Crippen LogP) is 4.48. The number of ketones is 1. The van der Waals surface area contributed by atoms with Crippen LogP contribution in [0.5, 0.6) is 5.75 Å². The molecule has 3 atom stereocenters. The number of nitroso groups, excluding NO2 is 1. The number of nitrogens with one attached hydrogen (secondary N) is 1. The van der Waals surface area contributed by atoms with Crippen molar-refractivity contribution in [3.05, 3.63) is 28.2 Å². The highest BCUT2D eigenvalue weighted by atomic mass is 16.5. The van der Waals surface area contributed by atoms with Gasteiger partial charge in [0.1, 0.15) is 5.78 Å². The third-order valence-electron chi connectivity index (χ3n) is 7.64. The third kappa shape index (κ3) is 3.90. The van der Waals surface area contributed by atoms with Gasteiger partial charge in [-0.25, -0.2) is 0 Å². The van der Waals surface area contributed by atoms with Crippen LogP contribution in [0.15, 0.2) is 17.3 Å². The van der Waals surface area contributed by atoms with Gasteiger partial charge in [0.15, 0.2) is 11.4 Å². The molecule has 0 amide bonds. The average molecular weight is 445 g/mol. The van der Waals surface area contributed by atoms with Crippen LogP contribution in [0.3, 0.4) is 0 Å². The van der Waals surface area contributed by atoms with Crippen LogP contribution in [0.4, 0.5) is 5.69 Å². The minimum atomic E-state index is -1.22. The molecule has 3 unspecified atom stereocenters. The number of aliphatic hydroxyl groups is 1. The van der Waals surface area contributed by atoms with E-state index in [-0.39, 0.29) is 29.7 Å². The Balaban J connectivity index is 2.20. The van der Waals surface area contributed by atoms with E-state index in [0.29, 0.717) is 44.2 Å². The third-order valence-corrected chi connectivity index (χ3v) is 7.64. The van der Waals surface area contributed by atoms with Crippen LogP contribution in [-0.4, -0.2) is 35.0 Å². The number of carbonyl (C=O) groups is 2. The lowest BCUT2D eigenvalue weighted by Crippen LogP contribution is -2.69. The first-order valence-electron chi connectivity index (χ1n) is 11.8. The fraction of sp³-hybridized carbons (Fsp3) is 0.680. The summed E-state index contributed by atoms with van der Waals surface area (Å²) in [5.41, 5.74) is -1.43. The number of piperidine rings is 1. The number of hydrogen-bond donors (Lipinski definition) is 2. The number of fused-ring (bicyclic) bond motifs is 1. The highest BCUT2D eigenvalue weighted by molar-refractivity contribution is 5.84. The Labute approximate surface area is 190 Å². The van der Waals surface area contributed by atoms with Crippen LogP contribution in [0.1, 0.15) is 84.3 Å². The average Bonchev–Trinajstić information content (AvgIpc) is 2.75. The number of Topliss-reactive ketones (excluding diaryl/α,β-unsaturated/α-hetero) is 1. The second kappa shape index (κ2) is 9.02. The first-order chi connectivity index (χ1) is 15.1. The van der Waals surface area contributed by atoms with Crippen molar-refractivity contribution in [1.29, 1.82) is 0 Å². The summed E-state index contributed by atoms with van der Waals surface area (Å²) in [6.45, 7) is 10.1. The fourth-order valence-electron chi connectivity index (χ4n) is 5.76. The lowest BCUT2D eigenvalue weighted by molar-refractivity contribution is -0.145. The SMILES string of the molecule is CCCC(C)(C)C(=O)Oc1ccc(CC)c(C23CCNC(C)C2(O)CCC(=O)C3)c1N=O. The molecule has 32 heavy (non-hydrogen) atoms. The maximum absolute atomic E-state index is 12.9. The van der Waals surface area contributed by atoms with Gasteiger partial charge in [-0.2, -0.15) is 0 Å². The molecule has 7 nitrogen and oxygen atoms in total. The first-order valence-corrected chi connectivity index (χ1v) is 11.8. The predicted molar refractivity (Wildman–Crippen MR) is 123 cm³/mol. The molecule has 1 saturated heterocycles. The molecule has 1 heterocycles. The molecule has 1 aliphatic carbocycles. The topological polar surface area (TPSA) is 105 Å². The number of ether oxygens (including phenoxy) is 1. The Bertz CT molecular complexity index is 912. The summed E-state index contributed by atoms with van der Waals surface area (Å²) in [4.78, 5) is 37.8. The largest absolute Gasteiger partial charge is 0.424 e. The van der Waals surface area contributed by atoms with E-state index < -0.39 is 22.4 Å². The summed E-state index contributed by atoms with van der Waals surface area (Å²) in [6, 6.07) is 3.19. The number of benzene rings is 1. The number of nitrogens with zero attached hydrogens (tertiary/aromatic N) is 1. The Hall–Kier alpha value is -2.12. The number of rotatable bonds is 7. The Kier molecular flexibility index (Phi) is 6.91. The maximum Gasteiger partial charge on any atom is 0.316 e. The summed E-state index contributed by atoms with van der Waals surface area (Å²) in [6.07, 6.45) is 3.32. The molecule has 1 aliphatic heterocycles. The Morgan fingerprint density at radius 3 is 2.66 bits per heavy atom. The van der Waals surface area contributed by atoms with E-state index in [1.165, 1.54) is 0 Å². The van der Waals surface area contributed by atoms with Crippen molar-refractivity contribution in [3.8, 4) is 5.75 Å². The van der Waals surface area contributed by atoms with Crippen molar-refractivity contribution in [3.63, 3.8) is 0 Å². The molecule has 0 spiro atoms. The second-order valence-electron chi connectivity index (χ2n) is 10.1. The van der Waals surface area contributed by atoms with Crippen LogP contribution < -0.4 is 10.1 Å². The molecule has 0 bridgehead atoms. The van der Waals surface area contributed by atoms with Crippen molar-refractivity contribution in [2.75, 3.05) is 6.54 Å². The molecular formula is C25H36N2O5. The fourth-order valence-corrected chi connectivity index (χ4v) is 5.76. The normalized spacial score (nSPS) is 28.2. The lowest BCUT2D eigenvalue weighted by atomic mass is 9.53. The first kappa shape index (κ1) is 24.5. The van der Waals surface area contributed by atoms with Gasteiger partial charge in [-0.05, 0) is 75.4 Å². The van der Waals surface area contributed by atoms with Gasteiger partial charge in [0, 0.05) is 24.3 Å². The van der Waals surface area contributed by atoms with E-state index in [0.717, 1.165) is 12.0 Å². The van der Waals surface area contributed by atoms with Crippen molar-refractivity contribution >= 4 is 17.4 Å². The van der Waals surface area contributed by atoms with Crippen molar-refractivity contribution in [1.82, 2.24) is 5.32 Å². The Morgan fingerprint density at radius 1 is 1.31 bits per heavy atom. The van der Waals surface area contributed by atoms with E-state index in [9.17, 15) is 19.6 Å². The van der Waals surface area contributed by atoms with Gasteiger partial charge >= 0.3 is 5.97 Å². The zero-order chi connectivity index (χ0) is 23.7. The van der Waals surface area contributed by atoms with Crippen molar-refractivity contribution in [2.45, 2.75) is 96.6 Å². The summed E-state index contributed by atoms with van der Waals surface area (Å²) >= 11 is 0. The van der Waals surface area contributed by atoms with Crippen LogP contribution in [0.25, 0.3) is 0 Å². The van der Waals surface area contributed by atoms with Crippen LogP contribution >= 0.6 is 0 Å². The molecule has 0 radical (unpaired) electrons. The number of esters is 1. The summed E-state index contributed by atoms with van der Waals surface area (Å²) < 4.78 is 5.73. The van der Waals surface area contributed by atoms with Crippen molar-refractivity contribution in [2.24, 2.45) is 10.6 Å². The molecule has 1 saturated carbocycles. The smallest absolute Gasteiger partial charge is 0.316 e. The molecule has 0 aromatic heterocycles. The molecule has 2 aliphatic rings. The zero-order valence-electron chi connectivity index (χ0n) is 19.9. The number of carbonyl (C=O) groups excluding carboxylic acids is 2. The molecule has 2 N–H and O–H groups in total. The van der Waals surface area contributed by atoms with Crippen LogP contribution in [0, 0.1) is 10.3 Å². The van der Waals surface area contributed by atoms with Gasteiger partial charge in [0.25, 0.3) is 0 Å². The van der Waals surface area contributed by atoms with Gasteiger partial charge < -0.3 is 15.2 Å². The summed E-state index contributed by atoms with van der Waals surface area (Å²) in [5.74, 6) is -0.262. The minimum absolute atomic E-state index is 0.0345. The molecule has 1 aromatic carbocycles. The number of aryl methyl sites for hydroxylation is 1. The molecule has 3 rings (SSSR count). The monoisotopic (exact) mass is 444 g/mol. The highest BCUT2D eigenvalue weighted by Gasteiger charge is 2.60. The van der Waals surface area contributed by atoms with Gasteiger partial charge in [-0.3, -0.25) is 9.59 Å². The van der Waals surface area contributed by atoms with E-state index in [1.54, 1.807) is 6.07 Å². The number of hydrogen-bond acceptors (Lipinski definition) is 7. The summed E-state index contributed by atoms with van der Waals surface area (Å²) in [7, 11) is 0. The van der Waals surface area contributed by atoms with Gasteiger partial charge in [-0.15, -0.1) is 4.91 Å². The zero-order valence-corrected chi connectivity index (χ0v) is 19.9. The Morgan fingerprint density at radius 2 is 2.03 bits per heavy atom. The van der Waals surface area contributed by atoms with Crippen LogP contribution in [-0.2, 0) is 21.4 Å². The maximum atomic E-state index is 12.9. The van der Waals surface area contributed by atoms with E-state index in [4.69, 9.17) is 4.74 Å². The van der Waals surface area contributed by atoms with Crippen molar-refractivity contribution < 1.29 is 19.4 Å². The molecule has 2 fully saturated rings.